The van der Waals surface area contributed by atoms with Crippen LogP contribution in [0.1, 0.15) is 51.8 Å². The van der Waals surface area contributed by atoms with Crippen LogP contribution < -0.4 is 5.84 Å². The lowest BCUT2D eigenvalue weighted by Crippen LogP contribution is -2.44. The summed E-state index contributed by atoms with van der Waals surface area (Å²) in [6, 6.07) is 0.185. The van der Waals surface area contributed by atoms with Gasteiger partial charge < -0.3 is 10.7 Å². The van der Waals surface area contributed by atoms with Gasteiger partial charge in [-0.05, 0) is 18.8 Å². The standard InChI is InChI=1S/C15H24F3N5OS/c1-9(2)11(12(24)22(3)10-7-5-4-6-8-10)25-14-21-20-13(23(14)19)15(16,17)18/h9-11H,4-8,19H2,1-3H3/t11-/m0/s1. The van der Waals surface area contributed by atoms with E-state index < -0.39 is 17.3 Å². The van der Waals surface area contributed by atoms with E-state index in [1.54, 1.807) is 11.9 Å². The van der Waals surface area contributed by atoms with Crippen LogP contribution in [0.5, 0.6) is 0 Å². The molecule has 0 aromatic carbocycles. The summed E-state index contributed by atoms with van der Waals surface area (Å²) in [7, 11) is 1.77. The molecule has 0 bridgehead atoms. The number of thioether (sulfide) groups is 1. The van der Waals surface area contributed by atoms with Gasteiger partial charge in [0.25, 0.3) is 5.82 Å². The van der Waals surface area contributed by atoms with Crippen molar-refractivity contribution in [3.8, 4) is 0 Å². The van der Waals surface area contributed by atoms with E-state index in [1.807, 2.05) is 13.8 Å². The van der Waals surface area contributed by atoms with E-state index in [4.69, 9.17) is 5.84 Å². The molecule has 1 aromatic rings. The van der Waals surface area contributed by atoms with Gasteiger partial charge in [0.1, 0.15) is 0 Å². The average Bonchev–Trinajstić information content (AvgIpc) is 2.92. The zero-order chi connectivity index (χ0) is 18.8. The van der Waals surface area contributed by atoms with E-state index in [1.165, 1.54) is 6.42 Å². The summed E-state index contributed by atoms with van der Waals surface area (Å²) < 4.78 is 38.8. The number of carbonyl (C=O) groups excluding carboxylic acids is 1. The van der Waals surface area contributed by atoms with Crippen LogP contribution >= 0.6 is 11.8 Å². The van der Waals surface area contributed by atoms with Gasteiger partial charge in [-0.2, -0.15) is 13.2 Å². The quantitative estimate of drug-likeness (QED) is 0.629. The second-order valence-electron chi connectivity index (χ2n) is 6.70. The van der Waals surface area contributed by atoms with Crippen LogP contribution in [0.3, 0.4) is 0 Å². The summed E-state index contributed by atoms with van der Waals surface area (Å²) in [5.74, 6) is 4.01. The van der Waals surface area contributed by atoms with Gasteiger partial charge in [0.2, 0.25) is 11.1 Å². The van der Waals surface area contributed by atoms with Crippen molar-refractivity contribution in [1.29, 1.82) is 0 Å². The summed E-state index contributed by atoms with van der Waals surface area (Å²) in [5, 5.41) is 5.95. The number of rotatable bonds is 5. The third-order valence-electron chi connectivity index (χ3n) is 4.47. The highest BCUT2D eigenvalue weighted by atomic mass is 32.2. The molecule has 1 saturated carbocycles. The van der Waals surface area contributed by atoms with E-state index in [9.17, 15) is 18.0 Å². The Labute approximate surface area is 149 Å². The second kappa shape index (κ2) is 7.84. The molecule has 1 aliphatic carbocycles. The van der Waals surface area contributed by atoms with Crippen molar-refractivity contribution in [1.82, 2.24) is 19.8 Å². The number of aromatic nitrogens is 3. The predicted molar refractivity (Wildman–Crippen MR) is 89.3 cm³/mol. The van der Waals surface area contributed by atoms with Crippen molar-refractivity contribution in [3.05, 3.63) is 5.82 Å². The number of nitrogens with two attached hydrogens (primary N) is 1. The Kier molecular flexibility index (Phi) is 6.23. The van der Waals surface area contributed by atoms with Crippen LogP contribution in [0.2, 0.25) is 0 Å². The van der Waals surface area contributed by atoms with Crippen LogP contribution in [0.25, 0.3) is 0 Å². The summed E-state index contributed by atoms with van der Waals surface area (Å²) in [5.41, 5.74) is 0. The average molecular weight is 379 g/mol. The zero-order valence-corrected chi connectivity index (χ0v) is 15.4. The highest BCUT2D eigenvalue weighted by Gasteiger charge is 2.39. The molecule has 2 rings (SSSR count). The van der Waals surface area contributed by atoms with Crippen LogP contribution in [-0.4, -0.2) is 44.0 Å². The van der Waals surface area contributed by atoms with Crippen LogP contribution in [-0.2, 0) is 11.0 Å². The highest BCUT2D eigenvalue weighted by Crippen LogP contribution is 2.33. The first kappa shape index (κ1) is 19.9. The van der Waals surface area contributed by atoms with Crippen LogP contribution in [0, 0.1) is 5.92 Å². The minimum absolute atomic E-state index is 0.0884. The van der Waals surface area contributed by atoms with Crippen LogP contribution in [0.4, 0.5) is 13.2 Å². The second-order valence-corrected chi connectivity index (χ2v) is 7.81. The Bertz CT molecular complexity index is 598. The molecule has 1 aliphatic rings. The smallest absolute Gasteiger partial charge is 0.342 e. The van der Waals surface area contributed by atoms with E-state index in [2.05, 4.69) is 10.2 Å². The molecular weight excluding hydrogens is 355 g/mol. The molecule has 142 valence electrons. The summed E-state index contributed by atoms with van der Waals surface area (Å²) in [6.07, 6.45) is 0.599. The number of halogens is 3. The lowest BCUT2D eigenvalue weighted by atomic mass is 9.94. The lowest BCUT2D eigenvalue weighted by Gasteiger charge is -2.34. The van der Waals surface area contributed by atoms with Gasteiger partial charge in [-0.1, -0.05) is 44.9 Å². The molecule has 0 aliphatic heterocycles. The zero-order valence-electron chi connectivity index (χ0n) is 14.6. The minimum Gasteiger partial charge on any atom is -0.342 e. The molecule has 1 heterocycles. The molecule has 1 amide bonds. The fourth-order valence-corrected chi connectivity index (χ4v) is 4.04. The molecule has 6 nitrogen and oxygen atoms in total. The Balaban J connectivity index is 2.15. The Hall–Kier alpha value is -1.45. The highest BCUT2D eigenvalue weighted by molar-refractivity contribution is 8.00. The van der Waals surface area contributed by atoms with Gasteiger partial charge in [-0.3, -0.25) is 4.79 Å². The summed E-state index contributed by atoms with van der Waals surface area (Å²) >= 11 is 0.934. The Morgan fingerprint density at radius 1 is 1.28 bits per heavy atom. The maximum atomic E-state index is 12.9. The maximum absolute atomic E-state index is 12.9. The van der Waals surface area contributed by atoms with Gasteiger partial charge in [0.05, 0.1) is 5.25 Å². The SMILES string of the molecule is CC(C)[C@H](Sc1nnc(C(F)(F)F)n1N)C(=O)N(C)C1CCCCC1. The van der Waals surface area contributed by atoms with E-state index in [0.717, 1.165) is 37.4 Å². The molecule has 25 heavy (non-hydrogen) atoms. The summed E-state index contributed by atoms with van der Waals surface area (Å²) in [6.45, 7) is 3.71. The number of hydrogen-bond donors (Lipinski definition) is 1. The van der Waals surface area contributed by atoms with Crippen molar-refractivity contribution in [2.45, 2.75) is 68.6 Å². The van der Waals surface area contributed by atoms with Crippen molar-refractivity contribution in [2.24, 2.45) is 5.92 Å². The first-order valence-electron chi connectivity index (χ1n) is 8.34. The first-order valence-corrected chi connectivity index (χ1v) is 9.22. The van der Waals surface area contributed by atoms with Crippen molar-refractivity contribution >= 4 is 17.7 Å². The third-order valence-corrected chi connectivity index (χ3v) is 5.96. The molecule has 0 spiro atoms. The number of amides is 1. The number of hydrogen-bond acceptors (Lipinski definition) is 5. The molecule has 0 unspecified atom stereocenters. The van der Waals surface area contributed by atoms with Gasteiger partial charge >= 0.3 is 6.18 Å². The maximum Gasteiger partial charge on any atom is 0.453 e. The fraction of sp³-hybridized carbons (Fsp3) is 0.800. The Morgan fingerprint density at radius 2 is 1.88 bits per heavy atom. The fourth-order valence-electron chi connectivity index (χ4n) is 2.98. The van der Waals surface area contributed by atoms with Gasteiger partial charge in [0, 0.05) is 13.1 Å². The largest absolute Gasteiger partial charge is 0.453 e. The van der Waals surface area contributed by atoms with E-state index in [0.29, 0.717) is 4.68 Å². The molecule has 0 saturated heterocycles. The normalized spacial score (nSPS) is 17.7. The monoisotopic (exact) mass is 379 g/mol. The summed E-state index contributed by atoms with van der Waals surface area (Å²) in [4.78, 5) is 14.6. The third kappa shape index (κ3) is 4.59. The number of alkyl halides is 3. The minimum atomic E-state index is -4.68. The van der Waals surface area contributed by atoms with Gasteiger partial charge in [-0.15, -0.1) is 10.2 Å². The topological polar surface area (TPSA) is 77.0 Å². The van der Waals surface area contributed by atoms with Gasteiger partial charge in [-0.25, -0.2) is 4.68 Å². The number of carbonyl (C=O) groups is 1. The molecule has 1 fully saturated rings. The molecule has 1 aromatic heterocycles. The van der Waals surface area contributed by atoms with Crippen LogP contribution in [0.15, 0.2) is 5.16 Å². The van der Waals surface area contributed by atoms with E-state index in [-0.39, 0.29) is 23.0 Å². The van der Waals surface area contributed by atoms with Gasteiger partial charge in [0.15, 0.2) is 0 Å². The predicted octanol–water partition coefficient (Wildman–Crippen LogP) is 2.92. The number of nitrogens with zero attached hydrogens (tertiary/aromatic N) is 4. The lowest BCUT2D eigenvalue weighted by molar-refractivity contribution is -0.146. The van der Waals surface area contributed by atoms with Crippen molar-refractivity contribution in [2.75, 3.05) is 12.9 Å². The van der Waals surface area contributed by atoms with Crippen molar-refractivity contribution < 1.29 is 18.0 Å². The molecular formula is C15H24F3N5OS. The molecule has 2 N–H and O–H groups in total. The molecule has 0 radical (unpaired) electrons. The van der Waals surface area contributed by atoms with Crippen molar-refractivity contribution in [3.63, 3.8) is 0 Å². The Morgan fingerprint density at radius 3 is 2.36 bits per heavy atom. The van der Waals surface area contributed by atoms with E-state index >= 15 is 0 Å². The molecule has 10 heteroatoms. The number of nitrogen functional groups attached to an aromatic ring is 1. The molecule has 1 atom stereocenters. The first-order chi connectivity index (χ1) is 11.6.